The third-order valence-electron chi connectivity index (χ3n) is 3.02. The number of amides is 2. The molecule has 0 aliphatic carbocycles. The molecule has 1 fully saturated rings. The van der Waals surface area contributed by atoms with E-state index in [1.807, 2.05) is 0 Å². The van der Waals surface area contributed by atoms with Crippen LogP contribution in [0.2, 0.25) is 0 Å². The fraction of sp³-hybridized carbons (Fsp3) is 0.818. The molecule has 4 N–H and O–H groups in total. The lowest BCUT2D eigenvalue weighted by Crippen LogP contribution is -2.44. The van der Waals surface area contributed by atoms with E-state index >= 15 is 0 Å². The highest BCUT2D eigenvalue weighted by Gasteiger charge is 2.26. The van der Waals surface area contributed by atoms with E-state index in [9.17, 15) is 9.59 Å². The lowest BCUT2D eigenvalue weighted by molar-refractivity contribution is -0.135. The van der Waals surface area contributed by atoms with Crippen molar-refractivity contribution >= 4 is 11.8 Å². The van der Waals surface area contributed by atoms with Crippen molar-refractivity contribution in [2.24, 2.45) is 17.4 Å². The maximum Gasteiger partial charge on any atom is 0.222 e. The third-order valence-corrected chi connectivity index (χ3v) is 3.02. The fourth-order valence-corrected chi connectivity index (χ4v) is 2.01. The number of carbonyl (C=O) groups is 2. The molecule has 1 heterocycles. The Morgan fingerprint density at radius 1 is 1.31 bits per heavy atom. The summed E-state index contributed by atoms with van der Waals surface area (Å²) in [5.74, 6) is -0.328. The van der Waals surface area contributed by atoms with Crippen molar-refractivity contribution in [3.63, 3.8) is 0 Å². The van der Waals surface area contributed by atoms with Gasteiger partial charge in [0.25, 0.3) is 0 Å². The molecular formula is C11H21N3O2. The first-order chi connectivity index (χ1) is 7.65. The lowest BCUT2D eigenvalue weighted by atomic mass is 9.97. The summed E-state index contributed by atoms with van der Waals surface area (Å²) in [4.78, 5) is 24.6. The first-order valence-electron chi connectivity index (χ1n) is 5.92. The molecule has 5 nitrogen and oxygen atoms in total. The van der Waals surface area contributed by atoms with Crippen LogP contribution in [0.5, 0.6) is 0 Å². The molecule has 1 rings (SSSR count). The molecule has 0 saturated carbocycles. The Kier molecular flexibility index (Phi) is 5.25. The molecule has 1 atom stereocenters. The van der Waals surface area contributed by atoms with E-state index in [0.717, 1.165) is 32.2 Å². The first kappa shape index (κ1) is 13.0. The van der Waals surface area contributed by atoms with E-state index in [-0.39, 0.29) is 17.7 Å². The molecule has 16 heavy (non-hydrogen) atoms. The van der Waals surface area contributed by atoms with Gasteiger partial charge in [-0.15, -0.1) is 0 Å². The number of hydrogen-bond donors (Lipinski definition) is 2. The molecule has 0 aromatic heterocycles. The second-order valence-electron chi connectivity index (χ2n) is 4.33. The number of nitrogens with zero attached hydrogens (tertiary/aromatic N) is 1. The van der Waals surface area contributed by atoms with Crippen LogP contribution < -0.4 is 11.5 Å². The monoisotopic (exact) mass is 227 g/mol. The smallest absolute Gasteiger partial charge is 0.222 e. The van der Waals surface area contributed by atoms with Gasteiger partial charge in [-0.1, -0.05) is 0 Å². The van der Waals surface area contributed by atoms with E-state index in [1.54, 1.807) is 4.90 Å². The van der Waals surface area contributed by atoms with Crippen LogP contribution in [0.1, 0.15) is 32.1 Å². The normalized spacial score (nSPS) is 20.8. The third kappa shape index (κ3) is 3.81. The molecule has 0 radical (unpaired) electrons. The summed E-state index contributed by atoms with van der Waals surface area (Å²) in [6.45, 7) is 1.87. The van der Waals surface area contributed by atoms with Gasteiger partial charge >= 0.3 is 0 Å². The number of piperidine rings is 1. The van der Waals surface area contributed by atoms with Crippen molar-refractivity contribution in [3.8, 4) is 0 Å². The quantitative estimate of drug-likeness (QED) is 0.639. The number of hydrogen-bond acceptors (Lipinski definition) is 3. The topological polar surface area (TPSA) is 89.4 Å². The van der Waals surface area contributed by atoms with Crippen molar-refractivity contribution in [1.82, 2.24) is 4.90 Å². The average Bonchev–Trinajstić information content (AvgIpc) is 2.29. The van der Waals surface area contributed by atoms with Crippen molar-refractivity contribution in [2.75, 3.05) is 19.6 Å². The van der Waals surface area contributed by atoms with Gasteiger partial charge in [0, 0.05) is 19.5 Å². The number of nitrogens with two attached hydrogens (primary N) is 2. The molecule has 1 aliphatic rings. The van der Waals surface area contributed by atoms with Gasteiger partial charge in [0.05, 0.1) is 5.92 Å². The molecule has 0 aromatic rings. The van der Waals surface area contributed by atoms with Gasteiger partial charge in [0.15, 0.2) is 0 Å². The zero-order valence-corrected chi connectivity index (χ0v) is 9.65. The predicted octanol–water partition coefficient (Wildman–Crippen LogP) is -0.161. The molecule has 0 aromatic carbocycles. The van der Waals surface area contributed by atoms with Crippen LogP contribution in [-0.2, 0) is 9.59 Å². The van der Waals surface area contributed by atoms with Gasteiger partial charge in [-0.25, -0.2) is 0 Å². The van der Waals surface area contributed by atoms with Gasteiger partial charge in [-0.05, 0) is 32.2 Å². The van der Waals surface area contributed by atoms with E-state index in [0.29, 0.717) is 19.5 Å². The molecule has 1 saturated heterocycles. The largest absolute Gasteiger partial charge is 0.369 e. The number of unbranched alkanes of at least 4 members (excludes halogenated alkanes) is 1. The summed E-state index contributed by atoms with van der Waals surface area (Å²) in [5.41, 5.74) is 10.6. The van der Waals surface area contributed by atoms with Crippen LogP contribution in [0, 0.1) is 5.92 Å². The van der Waals surface area contributed by atoms with Crippen molar-refractivity contribution in [2.45, 2.75) is 32.1 Å². The van der Waals surface area contributed by atoms with Crippen LogP contribution >= 0.6 is 0 Å². The second-order valence-corrected chi connectivity index (χ2v) is 4.33. The fourth-order valence-electron chi connectivity index (χ4n) is 2.01. The van der Waals surface area contributed by atoms with E-state index in [2.05, 4.69) is 0 Å². The van der Waals surface area contributed by atoms with Crippen LogP contribution in [0.15, 0.2) is 0 Å². The molecule has 2 amide bonds. The lowest BCUT2D eigenvalue weighted by Gasteiger charge is -2.31. The Morgan fingerprint density at radius 2 is 2.06 bits per heavy atom. The first-order valence-corrected chi connectivity index (χ1v) is 5.92. The number of carbonyl (C=O) groups excluding carboxylic acids is 2. The second kappa shape index (κ2) is 6.48. The number of rotatable bonds is 5. The Balaban J connectivity index is 2.35. The number of primary amides is 1. The summed E-state index contributed by atoms with van der Waals surface area (Å²) >= 11 is 0. The molecule has 1 unspecified atom stereocenters. The summed E-state index contributed by atoms with van der Waals surface area (Å²) in [6, 6.07) is 0. The minimum absolute atomic E-state index is 0.124. The molecular weight excluding hydrogens is 206 g/mol. The maximum absolute atomic E-state index is 11.8. The van der Waals surface area contributed by atoms with Crippen molar-refractivity contribution < 1.29 is 9.59 Å². The summed E-state index contributed by atoms with van der Waals surface area (Å²) < 4.78 is 0. The van der Waals surface area contributed by atoms with E-state index in [1.165, 1.54) is 0 Å². The standard InChI is InChI=1S/C11H21N3O2/c12-6-2-1-5-10(15)14-7-3-4-9(8-14)11(13)16/h9H,1-8,12H2,(H2,13,16). The average molecular weight is 227 g/mol. The zero-order valence-electron chi connectivity index (χ0n) is 9.65. The zero-order chi connectivity index (χ0) is 12.0. The van der Waals surface area contributed by atoms with Gasteiger partial charge in [0.1, 0.15) is 0 Å². The van der Waals surface area contributed by atoms with Crippen LogP contribution in [0.3, 0.4) is 0 Å². The van der Waals surface area contributed by atoms with Crippen molar-refractivity contribution in [1.29, 1.82) is 0 Å². The molecule has 92 valence electrons. The number of likely N-dealkylation sites (tertiary alicyclic amines) is 1. The highest BCUT2D eigenvalue weighted by atomic mass is 16.2. The van der Waals surface area contributed by atoms with Gasteiger partial charge in [0.2, 0.25) is 11.8 Å². The van der Waals surface area contributed by atoms with Gasteiger partial charge < -0.3 is 16.4 Å². The Bertz CT molecular complexity index is 256. The molecule has 0 bridgehead atoms. The van der Waals surface area contributed by atoms with E-state index in [4.69, 9.17) is 11.5 Å². The highest BCUT2D eigenvalue weighted by Crippen LogP contribution is 2.17. The maximum atomic E-state index is 11.8. The summed E-state index contributed by atoms with van der Waals surface area (Å²) in [7, 11) is 0. The molecule has 5 heteroatoms. The van der Waals surface area contributed by atoms with Crippen LogP contribution in [-0.4, -0.2) is 36.3 Å². The molecule has 0 spiro atoms. The van der Waals surface area contributed by atoms with Crippen molar-refractivity contribution in [3.05, 3.63) is 0 Å². The highest BCUT2D eigenvalue weighted by molar-refractivity contribution is 5.80. The Labute approximate surface area is 96.1 Å². The predicted molar refractivity (Wildman–Crippen MR) is 61.4 cm³/mol. The SMILES string of the molecule is NCCCCC(=O)N1CCCC(C(N)=O)C1. The van der Waals surface area contributed by atoms with E-state index < -0.39 is 0 Å². The minimum atomic E-state index is -0.292. The van der Waals surface area contributed by atoms with Gasteiger partial charge in [-0.2, -0.15) is 0 Å². The summed E-state index contributed by atoms with van der Waals surface area (Å²) in [6.07, 6.45) is 3.91. The van der Waals surface area contributed by atoms with Crippen LogP contribution in [0.4, 0.5) is 0 Å². The minimum Gasteiger partial charge on any atom is -0.369 e. The van der Waals surface area contributed by atoms with Gasteiger partial charge in [-0.3, -0.25) is 9.59 Å². The Morgan fingerprint density at radius 3 is 2.69 bits per heavy atom. The summed E-state index contributed by atoms with van der Waals surface area (Å²) in [5, 5.41) is 0. The van der Waals surface area contributed by atoms with Crippen LogP contribution in [0.25, 0.3) is 0 Å². The Hall–Kier alpha value is -1.10. The molecule has 1 aliphatic heterocycles.